The van der Waals surface area contributed by atoms with E-state index in [9.17, 15) is 4.79 Å². The lowest BCUT2D eigenvalue weighted by molar-refractivity contribution is -0.680. The monoisotopic (exact) mass is 356 g/mol. The minimum atomic E-state index is -0.435. The lowest BCUT2D eigenvalue weighted by Crippen LogP contribution is -2.43. The van der Waals surface area contributed by atoms with Crippen molar-refractivity contribution in [2.24, 2.45) is 0 Å². The number of rotatable bonds is 5. The Morgan fingerprint density at radius 2 is 2.12 bits per heavy atom. The number of imidazole rings is 1. The number of nitrogens with one attached hydrogen (secondary N) is 1. The van der Waals surface area contributed by atoms with Gasteiger partial charge in [-0.05, 0) is 37.3 Å². The second kappa shape index (κ2) is 6.99. The summed E-state index contributed by atoms with van der Waals surface area (Å²) >= 11 is 6.03. The van der Waals surface area contributed by atoms with Gasteiger partial charge in [0, 0.05) is 5.02 Å². The molecule has 0 fully saturated rings. The predicted octanol–water partition coefficient (Wildman–Crippen LogP) is 3.89. The third-order valence-corrected chi connectivity index (χ3v) is 4.33. The number of ether oxygens (including phenoxy) is 1. The van der Waals surface area contributed by atoms with Crippen molar-refractivity contribution in [3.63, 3.8) is 0 Å². The third-order valence-electron chi connectivity index (χ3n) is 4.10. The SMILES string of the molecule is C=Cn1c[n+]([C@H](C)C(=O)Nc2cc(Cl)ccc2OC)c2ccccc21. The Hall–Kier alpha value is -2.79. The minimum Gasteiger partial charge on any atom is -0.495 e. The molecule has 0 radical (unpaired) electrons. The fourth-order valence-electron chi connectivity index (χ4n) is 2.75. The van der Waals surface area contributed by atoms with Gasteiger partial charge in [-0.25, -0.2) is 9.13 Å². The zero-order chi connectivity index (χ0) is 18.0. The molecule has 1 N–H and O–H groups in total. The molecule has 1 amide bonds. The number of para-hydroxylation sites is 2. The van der Waals surface area contributed by atoms with Gasteiger partial charge in [-0.15, -0.1) is 0 Å². The highest BCUT2D eigenvalue weighted by Crippen LogP contribution is 2.28. The van der Waals surface area contributed by atoms with Crippen LogP contribution in [0.1, 0.15) is 13.0 Å². The van der Waals surface area contributed by atoms with E-state index in [1.165, 1.54) is 0 Å². The van der Waals surface area contributed by atoms with Crippen molar-refractivity contribution in [1.82, 2.24) is 4.57 Å². The first kappa shape index (κ1) is 17.0. The highest BCUT2D eigenvalue weighted by molar-refractivity contribution is 6.31. The molecule has 5 nitrogen and oxygen atoms in total. The maximum atomic E-state index is 12.8. The molecule has 128 valence electrons. The zero-order valence-electron chi connectivity index (χ0n) is 14.1. The molecular weight excluding hydrogens is 338 g/mol. The van der Waals surface area contributed by atoms with Gasteiger partial charge in [-0.1, -0.05) is 30.3 Å². The summed E-state index contributed by atoms with van der Waals surface area (Å²) in [5.74, 6) is 0.390. The van der Waals surface area contributed by atoms with Crippen molar-refractivity contribution < 1.29 is 14.1 Å². The topological polar surface area (TPSA) is 47.1 Å². The molecule has 1 aromatic heterocycles. The maximum absolute atomic E-state index is 12.8. The number of aromatic nitrogens is 2. The largest absolute Gasteiger partial charge is 0.495 e. The molecule has 0 aliphatic carbocycles. The summed E-state index contributed by atoms with van der Waals surface area (Å²) in [4.78, 5) is 12.8. The first-order valence-corrected chi connectivity index (χ1v) is 8.20. The number of benzene rings is 2. The number of fused-ring (bicyclic) bond motifs is 1. The number of halogens is 1. The van der Waals surface area contributed by atoms with E-state index in [2.05, 4.69) is 11.9 Å². The molecule has 0 unspecified atom stereocenters. The Bertz CT molecular complexity index is 949. The number of methoxy groups -OCH3 is 1. The lowest BCUT2D eigenvalue weighted by Gasteiger charge is -2.13. The van der Waals surface area contributed by atoms with Crippen LogP contribution in [-0.2, 0) is 4.79 Å². The van der Waals surface area contributed by atoms with Crippen LogP contribution < -0.4 is 14.6 Å². The summed E-state index contributed by atoms with van der Waals surface area (Å²) in [6.07, 6.45) is 3.57. The third kappa shape index (κ3) is 3.23. The molecule has 0 spiro atoms. The van der Waals surface area contributed by atoms with Crippen molar-refractivity contribution in [3.8, 4) is 5.75 Å². The minimum absolute atomic E-state index is 0.169. The number of amides is 1. The summed E-state index contributed by atoms with van der Waals surface area (Å²) in [5, 5.41) is 3.42. The van der Waals surface area contributed by atoms with Crippen LogP contribution in [-0.4, -0.2) is 17.6 Å². The highest BCUT2D eigenvalue weighted by atomic mass is 35.5. The number of hydrogen-bond acceptors (Lipinski definition) is 2. The number of hydrogen-bond donors (Lipinski definition) is 1. The van der Waals surface area contributed by atoms with Gasteiger partial charge >= 0.3 is 0 Å². The molecule has 0 aliphatic rings. The molecule has 0 aliphatic heterocycles. The number of carbonyl (C=O) groups is 1. The Morgan fingerprint density at radius 1 is 1.36 bits per heavy atom. The van der Waals surface area contributed by atoms with Gasteiger partial charge in [0.2, 0.25) is 6.33 Å². The molecule has 0 saturated heterocycles. The molecule has 0 bridgehead atoms. The van der Waals surface area contributed by atoms with E-state index in [1.54, 1.807) is 31.5 Å². The van der Waals surface area contributed by atoms with Gasteiger partial charge in [0.25, 0.3) is 5.91 Å². The fourth-order valence-corrected chi connectivity index (χ4v) is 2.93. The van der Waals surface area contributed by atoms with Crippen molar-refractivity contribution >= 4 is 40.4 Å². The van der Waals surface area contributed by atoms with Crippen LogP contribution in [0.25, 0.3) is 17.2 Å². The maximum Gasteiger partial charge on any atom is 0.269 e. The smallest absolute Gasteiger partial charge is 0.269 e. The molecule has 25 heavy (non-hydrogen) atoms. The van der Waals surface area contributed by atoms with Crippen LogP contribution >= 0.6 is 11.6 Å². The van der Waals surface area contributed by atoms with Crippen LogP contribution in [0.5, 0.6) is 5.75 Å². The van der Waals surface area contributed by atoms with E-state index in [-0.39, 0.29) is 5.91 Å². The van der Waals surface area contributed by atoms with Crippen molar-refractivity contribution in [2.75, 3.05) is 12.4 Å². The van der Waals surface area contributed by atoms with E-state index in [4.69, 9.17) is 16.3 Å². The average Bonchev–Trinajstić information content (AvgIpc) is 3.00. The van der Waals surface area contributed by atoms with Gasteiger partial charge in [-0.2, -0.15) is 0 Å². The van der Waals surface area contributed by atoms with Crippen LogP contribution in [0, 0.1) is 0 Å². The number of carbonyl (C=O) groups excluding carboxylic acids is 1. The molecule has 3 rings (SSSR count). The standard InChI is InChI=1S/C19H18ClN3O2/c1-4-22-12-23(17-8-6-5-7-16(17)22)13(2)19(24)21-15-11-14(20)9-10-18(15)25-3/h4-13H,1H2,2-3H3/p+1/t13-/m1/s1. The van der Waals surface area contributed by atoms with E-state index in [1.807, 2.05) is 46.7 Å². The molecule has 6 heteroatoms. The van der Waals surface area contributed by atoms with Crippen molar-refractivity contribution in [3.05, 3.63) is 60.4 Å². The number of nitrogens with zero attached hydrogens (tertiary/aromatic N) is 2. The summed E-state index contributed by atoms with van der Waals surface area (Å²) in [5.41, 5.74) is 2.47. The first-order valence-electron chi connectivity index (χ1n) is 7.83. The molecular formula is C19H19ClN3O2+. The molecule has 1 atom stereocenters. The lowest BCUT2D eigenvalue weighted by atomic mass is 10.2. The molecule has 0 saturated carbocycles. The van der Waals surface area contributed by atoms with Gasteiger partial charge in [0.15, 0.2) is 17.1 Å². The van der Waals surface area contributed by atoms with Gasteiger partial charge in [-0.3, -0.25) is 4.79 Å². The molecule has 1 heterocycles. The average molecular weight is 357 g/mol. The summed E-state index contributed by atoms with van der Waals surface area (Å²) < 4.78 is 9.07. The summed E-state index contributed by atoms with van der Waals surface area (Å²) in [7, 11) is 1.55. The fraction of sp³-hybridized carbons (Fsp3) is 0.158. The van der Waals surface area contributed by atoms with E-state index >= 15 is 0 Å². The Morgan fingerprint density at radius 3 is 2.84 bits per heavy atom. The molecule has 3 aromatic rings. The zero-order valence-corrected chi connectivity index (χ0v) is 14.8. The van der Waals surface area contributed by atoms with Crippen molar-refractivity contribution in [2.45, 2.75) is 13.0 Å². The predicted molar refractivity (Wildman–Crippen MR) is 99.9 cm³/mol. The second-order valence-corrected chi connectivity index (χ2v) is 6.05. The summed E-state index contributed by atoms with van der Waals surface area (Å²) in [6, 6.07) is 12.5. The second-order valence-electron chi connectivity index (χ2n) is 5.61. The van der Waals surface area contributed by atoms with E-state index in [0.717, 1.165) is 11.0 Å². The van der Waals surface area contributed by atoms with Crippen LogP contribution in [0.4, 0.5) is 5.69 Å². The van der Waals surface area contributed by atoms with Gasteiger partial charge < -0.3 is 10.1 Å². The molecule has 2 aromatic carbocycles. The highest BCUT2D eigenvalue weighted by Gasteiger charge is 2.25. The first-order chi connectivity index (χ1) is 12.0. The Kier molecular flexibility index (Phi) is 4.76. The van der Waals surface area contributed by atoms with Gasteiger partial charge in [0.1, 0.15) is 5.75 Å². The van der Waals surface area contributed by atoms with Crippen LogP contribution in [0.2, 0.25) is 5.02 Å². The normalized spacial score (nSPS) is 12.0. The van der Waals surface area contributed by atoms with E-state index < -0.39 is 6.04 Å². The van der Waals surface area contributed by atoms with Gasteiger partial charge in [0.05, 0.1) is 19.0 Å². The van der Waals surface area contributed by atoms with Crippen LogP contribution in [0.15, 0.2) is 55.4 Å². The Balaban J connectivity index is 1.94. The Labute approximate surface area is 151 Å². The van der Waals surface area contributed by atoms with Crippen molar-refractivity contribution in [1.29, 1.82) is 0 Å². The quantitative estimate of drug-likeness (QED) is 0.705. The number of anilines is 1. The van der Waals surface area contributed by atoms with Crippen LogP contribution in [0.3, 0.4) is 0 Å². The van der Waals surface area contributed by atoms with E-state index in [0.29, 0.717) is 16.5 Å². The summed E-state index contributed by atoms with van der Waals surface area (Å²) in [6.45, 7) is 5.66.